The van der Waals surface area contributed by atoms with Crippen LogP contribution >= 0.6 is 0 Å². The molecule has 0 amide bonds. The van der Waals surface area contributed by atoms with Gasteiger partial charge in [-0.25, -0.2) is 22.0 Å². The molecule has 140 valence electrons. The highest BCUT2D eigenvalue weighted by atomic mass is 32.2. The van der Waals surface area contributed by atoms with E-state index in [0.29, 0.717) is 0 Å². The normalized spacial score (nSPS) is 11.3. The number of hydrogen-bond acceptors (Lipinski definition) is 4. The summed E-state index contributed by atoms with van der Waals surface area (Å²) in [5.74, 6) is -3.04. The molecule has 1 aromatic heterocycles. The van der Waals surface area contributed by atoms with Crippen LogP contribution in [0.15, 0.2) is 70.2 Å². The molecule has 0 unspecified atom stereocenters. The van der Waals surface area contributed by atoms with Crippen LogP contribution in [0.1, 0.15) is 16.1 Å². The van der Waals surface area contributed by atoms with Gasteiger partial charge in [-0.15, -0.1) is 0 Å². The van der Waals surface area contributed by atoms with E-state index < -0.39 is 38.1 Å². The topological polar surface area (TPSA) is 87.8 Å². The summed E-state index contributed by atoms with van der Waals surface area (Å²) in [6.07, 6.45) is 1.35. The van der Waals surface area contributed by atoms with Gasteiger partial charge >= 0.3 is 5.97 Å². The maximum absolute atomic E-state index is 13.6. The number of hydrogen-bond donors (Lipinski definition) is 1. The van der Waals surface area contributed by atoms with Crippen LogP contribution < -0.4 is 4.31 Å². The summed E-state index contributed by atoms with van der Waals surface area (Å²) in [5.41, 5.74) is -0.777. The van der Waals surface area contributed by atoms with Crippen LogP contribution in [0.25, 0.3) is 0 Å². The van der Waals surface area contributed by atoms with Gasteiger partial charge in [0.15, 0.2) is 0 Å². The fraction of sp³-hybridized carbons (Fsp3) is 0.0556. The molecular formula is C18H13F2NO5S. The minimum absolute atomic E-state index is 0.00704. The molecule has 0 aliphatic carbocycles. The fourth-order valence-corrected chi connectivity index (χ4v) is 3.90. The quantitative estimate of drug-likeness (QED) is 0.691. The third kappa shape index (κ3) is 3.82. The highest BCUT2D eigenvalue weighted by molar-refractivity contribution is 7.92. The molecule has 3 aromatic rings. The summed E-state index contributed by atoms with van der Waals surface area (Å²) < 4.78 is 59.5. The summed E-state index contributed by atoms with van der Waals surface area (Å²) >= 11 is 0. The van der Waals surface area contributed by atoms with Crippen LogP contribution in [0.3, 0.4) is 0 Å². The Balaban J connectivity index is 2.13. The van der Waals surface area contributed by atoms with Gasteiger partial charge in [0, 0.05) is 0 Å². The molecule has 2 aromatic carbocycles. The van der Waals surface area contributed by atoms with Crippen LogP contribution in [0.5, 0.6) is 0 Å². The van der Waals surface area contributed by atoms with E-state index in [2.05, 4.69) is 0 Å². The molecule has 0 atom stereocenters. The minimum atomic E-state index is -4.34. The number of anilines is 1. The lowest BCUT2D eigenvalue weighted by atomic mass is 10.2. The number of aromatic carboxylic acids is 1. The van der Waals surface area contributed by atoms with Gasteiger partial charge in [0.05, 0.1) is 29.0 Å². The minimum Gasteiger partial charge on any atom is -0.478 e. The number of rotatable bonds is 6. The Labute approximate surface area is 153 Å². The summed E-state index contributed by atoms with van der Waals surface area (Å²) in [5, 5.41) is 9.04. The van der Waals surface area contributed by atoms with Gasteiger partial charge in [0.1, 0.15) is 17.4 Å². The van der Waals surface area contributed by atoms with Crippen molar-refractivity contribution in [3.8, 4) is 0 Å². The van der Waals surface area contributed by atoms with Gasteiger partial charge in [-0.2, -0.15) is 0 Å². The van der Waals surface area contributed by atoms with Crippen molar-refractivity contribution < 1.29 is 31.5 Å². The third-order valence-corrected chi connectivity index (χ3v) is 5.50. The van der Waals surface area contributed by atoms with Crippen LogP contribution in [-0.4, -0.2) is 19.5 Å². The molecule has 1 N–H and O–H groups in total. The molecule has 0 saturated carbocycles. The lowest BCUT2D eigenvalue weighted by molar-refractivity contribution is 0.0691. The molecule has 0 bridgehead atoms. The Kier molecular flexibility index (Phi) is 4.95. The second-order valence-electron chi connectivity index (χ2n) is 5.52. The largest absolute Gasteiger partial charge is 0.478 e. The lowest BCUT2D eigenvalue weighted by Gasteiger charge is -2.24. The second-order valence-corrected chi connectivity index (χ2v) is 7.38. The first kappa shape index (κ1) is 18.6. The van der Waals surface area contributed by atoms with Crippen LogP contribution in [0.2, 0.25) is 0 Å². The predicted molar refractivity (Wildman–Crippen MR) is 91.8 cm³/mol. The van der Waals surface area contributed by atoms with Crippen LogP contribution in [-0.2, 0) is 16.6 Å². The van der Waals surface area contributed by atoms with E-state index in [1.807, 2.05) is 0 Å². The highest BCUT2D eigenvalue weighted by Gasteiger charge is 2.28. The molecule has 1 heterocycles. The first-order valence-electron chi connectivity index (χ1n) is 7.62. The van der Waals surface area contributed by atoms with E-state index >= 15 is 0 Å². The van der Waals surface area contributed by atoms with Gasteiger partial charge in [-0.3, -0.25) is 4.31 Å². The average Bonchev–Trinajstić information content (AvgIpc) is 3.12. The summed E-state index contributed by atoms with van der Waals surface area (Å²) in [6, 6.07) is 10.4. The van der Waals surface area contributed by atoms with Gasteiger partial charge < -0.3 is 9.52 Å². The smallest absolute Gasteiger partial charge is 0.338 e. The highest BCUT2D eigenvalue weighted by Crippen LogP contribution is 2.27. The van der Waals surface area contributed by atoms with Gasteiger partial charge in [-0.05, 0) is 48.5 Å². The number of benzene rings is 2. The van der Waals surface area contributed by atoms with Crippen molar-refractivity contribution in [1.82, 2.24) is 0 Å². The summed E-state index contributed by atoms with van der Waals surface area (Å²) in [4.78, 5) is 10.7. The van der Waals surface area contributed by atoms with Crippen molar-refractivity contribution >= 4 is 21.7 Å². The number of carbonyl (C=O) groups is 1. The molecule has 27 heavy (non-hydrogen) atoms. The Morgan fingerprint density at radius 2 is 1.85 bits per heavy atom. The zero-order valence-corrected chi connectivity index (χ0v) is 14.5. The molecule has 0 saturated heterocycles. The van der Waals surface area contributed by atoms with Gasteiger partial charge in [0.25, 0.3) is 10.0 Å². The lowest BCUT2D eigenvalue weighted by Crippen LogP contribution is -2.30. The Morgan fingerprint density at radius 3 is 2.48 bits per heavy atom. The number of sulfonamides is 1. The van der Waals surface area contributed by atoms with Crippen molar-refractivity contribution in [2.45, 2.75) is 11.4 Å². The van der Waals surface area contributed by atoms with Crippen LogP contribution in [0.4, 0.5) is 14.5 Å². The number of furan rings is 1. The molecule has 0 fully saturated rings. The van der Waals surface area contributed by atoms with Gasteiger partial charge in [0.2, 0.25) is 0 Å². The zero-order chi connectivity index (χ0) is 19.6. The van der Waals surface area contributed by atoms with E-state index in [9.17, 15) is 22.0 Å². The second kappa shape index (κ2) is 7.20. The van der Waals surface area contributed by atoms with Crippen LogP contribution in [0, 0.1) is 11.6 Å². The maximum Gasteiger partial charge on any atom is 0.338 e. The number of halogens is 2. The first-order valence-corrected chi connectivity index (χ1v) is 9.06. The molecule has 9 heteroatoms. The number of carboxylic acid groups (broad SMARTS) is 1. The third-order valence-electron chi connectivity index (χ3n) is 3.73. The van der Waals surface area contributed by atoms with E-state index in [4.69, 9.17) is 9.52 Å². The monoisotopic (exact) mass is 393 g/mol. The van der Waals surface area contributed by atoms with Crippen molar-refractivity contribution in [1.29, 1.82) is 0 Å². The Morgan fingerprint density at radius 1 is 1.07 bits per heavy atom. The van der Waals surface area contributed by atoms with Crippen molar-refractivity contribution in [3.63, 3.8) is 0 Å². The molecule has 0 aliphatic heterocycles. The van der Waals surface area contributed by atoms with Crippen molar-refractivity contribution in [2.75, 3.05) is 4.31 Å². The standard InChI is InChI=1S/C18H13F2NO5S/c19-12-3-1-4-13(9-12)21(11-14-5-2-8-26-14)27(24,25)15-6-7-17(20)16(10-15)18(22)23/h1-10H,11H2,(H,22,23). The SMILES string of the molecule is O=C(O)c1cc(S(=O)(=O)N(Cc2ccco2)c2cccc(F)c2)ccc1F. The van der Waals surface area contributed by atoms with Gasteiger partial charge in [-0.1, -0.05) is 6.07 Å². The van der Waals surface area contributed by atoms with E-state index in [1.165, 1.54) is 24.5 Å². The molecule has 0 radical (unpaired) electrons. The molecule has 3 rings (SSSR count). The predicted octanol–water partition coefficient (Wildman–Crippen LogP) is 3.65. The summed E-state index contributed by atoms with van der Waals surface area (Å²) in [7, 11) is -4.34. The maximum atomic E-state index is 13.6. The van der Waals surface area contributed by atoms with Crippen molar-refractivity contribution in [3.05, 3.63) is 83.8 Å². The number of nitrogens with zero attached hydrogens (tertiary/aromatic N) is 1. The zero-order valence-electron chi connectivity index (χ0n) is 13.7. The fourth-order valence-electron chi connectivity index (χ4n) is 2.45. The van der Waals surface area contributed by atoms with Crippen molar-refractivity contribution in [2.24, 2.45) is 0 Å². The number of carboxylic acids is 1. The Bertz CT molecular complexity index is 1080. The average molecular weight is 393 g/mol. The first-order chi connectivity index (χ1) is 12.8. The molecule has 6 nitrogen and oxygen atoms in total. The molecule has 0 aliphatic rings. The molecule has 0 spiro atoms. The Hall–Kier alpha value is -3.20. The summed E-state index contributed by atoms with van der Waals surface area (Å²) in [6.45, 7) is -0.265. The van der Waals surface area contributed by atoms with E-state index in [0.717, 1.165) is 34.6 Å². The molecular weight excluding hydrogens is 380 g/mol. The van der Waals surface area contributed by atoms with E-state index in [1.54, 1.807) is 6.07 Å². The van der Waals surface area contributed by atoms with E-state index in [-0.39, 0.29) is 18.0 Å².